The van der Waals surface area contributed by atoms with E-state index in [1.165, 1.54) is 6.92 Å². The Hall–Kier alpha value is -2.85. The molecule has 1 aliphatic heterocycles. The number of aliphatic hydroxyl groups is 3. The first-order chi connectivity index (χ1) is 21.5. The molecule has 6 atom stereocenters. The summed E-state index contributed by atoms with van der Waals surface area (Å²) >= 11 is 0. The predicted molar refractivity (Wildman–Crippen MR) is 160 cm³/mol. The molecule has 1 aliphatic rings. The molecule has 1 saturated heterocycles. The fourth-order valence-corrected chi connectivity index (χ4v) is 4.50. The molecule has 45 heavy (non-hydrogen) atoms. The van der Waals surface area contributed by atoms with Crippen LogP contribution in [-0.4, -0.2) is 115 Å². The summed E-state index contributed by atoms with van der Waals surface area (Å²) in [6.45, 7) is 4.99. The third-order valence-electron chi connectivity index (χ3n) is 7.03. The molecule has 0 spiro atoms. The lowest BCUT2D eigenvalue weighted by molar-refractivity contribution is -0.269. The van der Waals surface area contributed by atoms with Crippen LogP contribution in [0.4, 0.5) is 0 Å². The summed E-state index contributed by atoms with van der Waals surface area (Å²) in [5, 5.41) is 37.2. The van der Waals surface area contributed by atoms with Gasteiger partial charge in [-0.2, -0.15) is 0 Å². The number of carbonyl (C=O) groups excluding carboxylic acids is 5. The summed E-state index contributed by atoms with van der Waals surface area (Å²) in [5.74, 6) is -3.00. The molecule has 1 unspecified atom stereocenters. The van der Waals surface area contributed by atoms with Crippen LogP contribution in [-0.2, 0) is 42.9 Å². The number of unbranched alkanes of at least 4 members (excludes halogenated alkanes) is 6. The normalized spacial score (nSPS) is 21.8. The third-order valence-corrected chi connectivity index (χ3v) is 7.03. The van der Waals surface area contributed by atoms with E-state index in [0.29, 0.717) is 12.8 Å². The van der Waals surface area contributed by atoms with Crippen molar-refractivity contribution in [3.05, 3.63) is 0 Å². The van der Waals surface area contributed by atoms with Gasteiger partial charge in [0.05, 0.1) is 32.8 Å². The van der Waals surface area contributed by atoms with Crippen molar-refractivity contribution in [1.82, 2.24) is 16.0 Å². The molecule has 6 N–H and O–H groups in total. The second-order valence-electron chi connectivity index (χ2n) is 11.0. The number of carbonyl (C=O) groups is 5. The van der Waals surface area contributed by atoms with E-state index in [9.17, 15) is 39.3 Å². The highest BCUT2D eigenvalue weighted by atomic mass is 16.7. The number of amides is 3. The first kappa shape index (κ1) is 40.2. The van der Waals surface area contributed by atoms with Crippen LogP contribution >= 0.6 is 0 Å². The van der Waals surface area contributed by atoms with E-state index in [1.54, 1.807) is 0 Å². The molecule has 1 heterocycles. The molecule has 0 aromatic rings. The monoisotopic (exact) mass is 647 g/mol. The van der Waals surface area contributed by atoms with Crippen LogP contribution in [0, 0.1) is 0 Å². The van der Waals surface area contributed by atoms with Crippen molar-refractivity contribution in [2.75, 3.05) is 33.0 Å². The lowest BCUT2D eigenvalue weighted by Crippen LogP contribution is -2.64. The number of esters is 2. The van der Waals surface area contributed by atoms with Gasteiger partial charge in [-0.1, -0.05) is 52.4 Å². The minimum absolute atomic E-state index is 0.0212. The van der Waals surface area contributed by atoms with Crippen molar-refractivity contribution in [1.29, 1.82) is 0 Å². The Morgan fingerprint density at radius 1 is 0.822 bits per heavy atom. The molecule has 3 amide bonds. The van der Waals surface area contributed by atoms with Gasteiger partial charge in [-0.25, -0.2) is 4.79 Å². The van der Waals surface area contributed by atoms with E-state index in [2.05, 4.69) is 29.8 Å². The largest absolute Gasteiger partial charge is 0.466 e. The Morgan fingerprint density at radius 3 is 2.04 bits per heavy atom. The average Bonchev–Trinajstić information content (AvgIpc) is 3.00. The molecule has 15 heteroatoms. The van der Waals surface area contributed by atoms with Crippen molar-refractivity contribution < 1.29 is 58.2 Å². The van der Waals surface area contributed by atoms with Gasteiger partial charge in [0, 0.05) is 26.3 Å². The zero-order valence-corrected chi connectivity index (χ0v) is 26.8. The maximum absolute atomic E-state index is 12.7. The van der Waals surface area contributed by atoms with E-state index in [-0.39, 0.29) is 45.6 Å². The summed E-state index contributed by atoms with van der Waals surface area (Å²) in [6.07, 6.45) is 1.11. The van der Waals surface area contributed by atoms with Crippen LogP contribution < -0.4 is 16.0 Å². The number of rotatable bonds is 23. The Bertz CT molecular complexity index is 905. The number of nitrogens with one attached hydrogen (secondary N) is 3. The highest BCUT2D eigenvalue weighted by molar-refractivity contribution is 5.89. The summed E-state index contributed by atoms with van der Waals surface area (Å²) in [4.78, 5) is 61.4. The maximum Gasteiger partial charge on any atom is 0.329 e. The maximum atomic E-state index is 12.7. The zero-order chi connectivity index (χ0) is 33.6. The Labute approximate surface area is 265 Å². The second-order valence-corrected chi connectivity index (χ2v) is 11.0. The highest BCUT2D eigenvalue weighted by Gasteiger charge is 2.45. The molecule has 0 aromatic heterocycles. The topological polar surface area (TPSA) is 219 Å². The number of hydrogen-bond acceptors (Lipinski definition) is 12. The summed E-state index contributed by atoms with van der Waals surface area (Å²) in [7, 11) is 0. The zero-order valence-electron chi connectivity index (χ0n) is 26.8. The molecular formula is C30H53N3O12. The minimum Gasteiger partial charge on any atom is -0.466 e. The van der Waals surface area contributed by atoms with E-state index < -0.39 is 73.0 Å². The van der Waals surface area contributed by atoms with Gasteiger partial charge in [-0.3, -0.25) is 19.2 Å². The Balaban J connectivity index is 2.54. The molecule has 1 fully saturated rings. The van der Waals surface area contributed by atoms with Crippen LogP contribution in [0.2, 0.25) is 0 Å². The van der Waals surface area contributed by atoms with Crippen LogP contribution in [0.1, 0.15) is 91.4 Å². The average molecular weight is 648 g/mol. The number of hydrogen-bond donors (Lipinski definition) is 6. The van der Waals surface area contributed by atoms with Crippen LogP contribution in [0.15, 0.2) is 0 Å². The van der Waals surface area contributed by atoms with Gasteiger partial charge >= 0.3 is 11.9 Å². The highest BCUT2D eigenvalue weighted by Crippen LogP contribution is 2.22. The van der Waals surface area contributed by atoms with Gasteiger partial charge in [-0.05, 0) is 12.8 Å². The fourth-order valence-electron chi connectivity index (χ4n) is 4.50. The first-order valence-electron chi connectivity index (χ1n) is 15.9. The molecule has 0 aromatic carbocycles. The Morgan fingerprint density at radius 2 is 1.44 bits per heavy atom. The van der Waals surface area contributed by atoms with Gasteiger partial charge in [0.1, 0.15) is 30.4 Å². The molecule has 0 bridgehead atoms. The van der Waals surface area contributed by atoms with E-state index >= 15 is 0 Å². The van der Waals surface area contributed by atoms with Gasteiger partial charge in [0.25, 0.3) is 0 Å². The molecular weight excluding hydrogens is 594 g/mol. The van der Waals surface area contributed by atoms with Gasteiger partial charge in [0.15, 0.2) is 6.29 Å². The van der Waals surface area contributed by atoms with E-state index in [1.807, 2.05) is 0 Å². The summed E-state index contributed by atoms with van der Waals surface area (Å²) < 4.78 is 21.5. The third kappa shape index (κ3) is 16.9. The molecule has 1 rings (SSSR count). The summed E-state index contributed by atoms with van der Waals surface area (Å²) in [5.41, 5.74) is 0. The first-order valence-corrected chi connectivity index (χ1v) is 15.9. The minimum atomic E-state index is -1.47. The smallest absolute Gasteiger partial charge is 0.329 e. The standard InChI is InChI=1S/C30H53N3O12/c1-4-6-8-10-15-42-25(38)18-21(29(41)43-16-11-9-7-5-2)33-24(37)13-12-23(36)31-14-17-44-30-26(32-20(3)35)28(40)27(39)22(19-34)45-30/h21-22,26-28,30,34,39-40H,4-19H2,1-3H3,(H,31,36)(H,32,35)(H,33,37)/t21?,22-,26-,27+,28-,30-/m1/s1. The van der Waals surface area contributed by atoms with Crippen LogP contribution in [0.25, 0.3) is 0 Å². The molecule has 0 aliphatic carbocycles. The fraction of sp³-hybridized carbons (Fsp3) is 0.833. The van der Waals surface area contributed by atoms with Gasteiger partial charge in [0.2, 0.25) is 17.7 Å². The molecule has 0 saturated carbocycles. The van der Waals surface area contributed by atoms with Crippen molar-refractivity contribution >= 4 is 29.7 Å². The lowest BCUT2D eigenvalue weighted by Gasteiger charge is -2.42. The van der Waals surface area contributed by atoms with Gasteiger partial charge < -0.3 is 50.2 Å². The number of ether oxygens (including phenoxy) is 4. The van der Waals surface area contributed by atoms with Crippen molar-refractivity contribution in [3.8, 4) is 0 Å². The SMILES string of the molecule is CCCCCCOC(=O)CC(NC(=O)CCC(=O)NCCO[C@@H]1O[C@H](CO)[C@H](O)[C@H](O)[C@H]1NC(C)=O)C(=O)OCCCCCC. The van der Waals surface area contributed by atoms with Crippen molar-refractivity contribution in [3.63, 3.8) is 0 Å². The van der Waals surface area contributed by atoms with Crippen molar-refractivity contribution in [2.45, 2.75) is 128 Å². The number of aliphatic hydroxyl groups excluding tert-OH is 3. The van der Waals surface area contributed by atoms with Crippen LogP contribution in [0.5, 0.6) is 0 Å². The summed E-state index contributed by atoms with van der Waals surface area (Å²) in [6, 6.07) is -2.36. The second kappa shape index (κ2) is 23.5. The quantitative estimate of drug-likeness (QED) is 0.0636. The molecule has 15 nitrogen and oxygen atoms in total. The lowest BCUT2D eigenvalue weighted by atomic mass is 9.97. The van der Waals surface area contributed by atoms with E-state index in [4.69, 9.17) is 18.9 Å². The Kier molecular flexibility index (Phi) is 21.0. The molecule has 260 valence electrons. The van der Waals surface area contributed by atoms with E-state index in [0.717, 1.165) is 38.5 Å². The molecule has 0 radical (unpaired) electrons. The van der Waals surface area contributed by atoms with Crippen molar-refractivity contribution in [2.24, 2.45) is 0 Å². The van der Waals surface area contributed by atoms with Gasteiger partial charge in [-0.15, -0.1) is 0 Å². The predicted octanol–water partition coefficient (Wildman–Crippen LogP) is -0.0350. The van der Waals surface area contributed by atoms with Crippen LogP contribution in [0.3, 0.4) is 0 Å².